The Bertz CT molecular complexity index is 364. The number of anilines is 1. The van der Waals surface area contributed by atoms with Gasteiger partial charge in [-0.2, -0.15) is 0 Å². The van der Waals surface area contributed by atoms with Crippen molar-refractivity contribution in [2.75, 3.05) is 19.0 Å². The number of para-hydroxylation sites is 1. The van der Waals surface area contributed by atoms with Crippen LogP contribution in [0, 0.1) is 0 Å². The van der Waals surface area contributed by atoms with E-state index in [1.54, 1.807) is 0 Å². The van der Waals surface area contributed by atoms with Crippen LogP contribution in [0.5, 0.6) is 0 Å². The molecular formula is C10H10Br3NO2. The van der Waals surface area contributed by atoms with Gasteiger partial charge in [0.2, 0.25) is 0 Å². The highest BCUT2D eigenvalue weighted by Crippen LogP contribution is 2.30. The number of hydrogen-bond donors (Lipinski definition) is 1. The topological polar surface area (TPSA) is 38.3 Å². The van der Waals surface area contributed by atoms with Crippen molar-refractivity contribution in [2.24, 2.45) is 0 Å². The highest BCUT2D eigenvalue weighted by atomic mass is 79.9. The smallest absolute Gasteiger partial charge is 0.321 e. The van der Waals surface area contributed by atoms with Gasteiger partial charge in [-0.1, -0.05) is 22.0 Å². The third kappa shape index (κ3) is 3.75. The standard InChI is InChI=1S/C10H10Br3NO2/c1-16-10(15)8(13)5-14-9-6(11)3-2-4-7(9)12/h2-4,8,14H,5H2,1H3. The number of benzene rings is 1. The zero-order valence-corrected chi connectivity index (χ0v) is 13.2. The fraction of sp³-hybridized carbons (Fsp3) is 0.300. The quantitative estimate of drug-likeness (QED) is 0.603. The average Bonchev–Trinajstić information content (AvgIpc) is 2.27. The summed E-state index contributed by atoms with van der Waals surface area (Å²) in [6.45, 7) is 0.452. The van der Waals surface area contributed by atoms with Crippen molar-refractivity contribution in [3.63, 3.8) is 0 Å². The normalized spacial score (nSPS) is 12.0. The van der Waals surface area contributed by atoms with Crippen molar-refractivity contribution in [1.29, 1.82) is 0 Å². The molecular weight excluding hydrogens is 406 g/mol. The molecule has 1 aromatic rings. The molecule has 88 valence electrons. The minimum absolute atomic E-state index is 0.296. The Labute approximate surface area is 119 Å². The molecule has 1 atom stereocenters. The Hall–Kier alpha value is -0.0700. The summed E-state index contributed by atoms with van der Waals surface area (Å²) in [4.78, 5) is 10.8. The summed E-state index contributed by atoms with van der Waals surface area (Å²) < 4.78 is 6.48. The van der Waals surface area contributed by atoms with E-state index in [1.165, 1.54) is 7.11 Å². The van der Waals surface area contributed by atoms with Crippen molar-refractivity contribution in [3.8, 4) is 0 Å². The highest BCUT2D eigenvalue weighted by Gasteiger charge is 2.15. The van der Waals surface area contributed by atoms with E-state index >= 15 is 0 Å². The van der Waals surface area contributed by atoms with Gasteiger partial charge < -0.3 is 10.1 Å². The van der Waals surface area contributed by atoms with Gasteiger partial charge in [-0.15, -0.1) is 0 Å². The van der Waals surface area contributed by atoms with E-state index in [9.17, 15) is 4.79 Å². The summed E-state index contributed by atoms with van der Waals surface area (Å²) in [5.41, 5.74) is 0.913. The minimum atomic E-state index is -0.364. The van der Waals surface area contributed by atoms with Crippen LogP contribution in [0.2, 0.25) is 0 Å². The lowest BCUT2D eigenvalue weighted by Gasteiger charge is -2.13. The van der Waals surface area contributed by atoms with Gasteiger partial charge in [-0.3, -0.25) is 4.79 Å². The Balaban J connectivity index is 2.64. The van der Waals surface area contributed by atoms with Gasteiger partial charge in [0.1, 0.15) is 4.83 Å². The van der Waals surface area contributed by atoms with Crippen molar-refractivity contribution in [3.05, 3.63) is 27.1 Å². The number of hydrogen-bond acceptors (Lipinski definition) is 3. The number of halogens is 3. The number of ether oxygens (including phenoxy) is 1. The van der Waals surface area contributed by atoms with E-state index in [1.807, 2.05) is 18.2 Å². The Morgan fingerprint density at radius 3 is 2.50 bits per heavy atom. The summed E-state index contributed by atoms with van der Waals surface area (Å²) in [5, 5.41) is 3.15. The highest BCUT2D eigenvalue weighted by molar-refractivity contribution is 9.11. The van der Waals surface area contributed by atoms with Crippen LogP contribution in [0.1, 0.15) is 0 Å². The van der Waals surface area contributed by atoms with Gasteiger partial charge in [-0.05, 0) is 44.0 Å². The second-order valence-electron chi connectivity index (χ2n) is 2.97. The number of esters is 1. The van der Waals surface area contributed by atoms with Gasteiger partial charge in [0, 0.05) is 15.5 Å². The SMILES string of the molecule is COC(=O)C(Br)CNc1c(Br)cccc1Br. The molecule has 0 saturated carbocycles. The van der Waals surface area contributed by atoms with E-state index in [4.69, 9.17) is 0 Å². The molecule has 0 aromatic heterocycles. The summed E-state index contributed by atoms with van der Waals surface area (Å²) in [7, 11) is 1.37. The molecule has 0 radical (unpaired) electrons. The van der Waals surface area contributed by atoms with Gasteiger partial charge >= 0.3 is 5.97 Å². The predicted octanol–water partition coefficient (Wildman–Crippen LogP) is 3.56. The number of alkyl halides is 1. The van der Waals surface area contributed by atoms with Crippen LogP contribution < -0.4 is 5.32 Å². The first-order valence-electron chi connectivity index (χ1n) is 4.46. The number of methoxy groups -OCH3 is 1. The van der Waals surface area contributed by atoms with Crippen molar-refractivity contribution < 1.29 is 9.53 Å². The summed E-state index contributed by atoms with van der Waals surface area (Å²) in [6.07, 6.45) is 0. The van der Waals surface area contributed by atoms with Crippen LogP contribution in [0.3, 0.4) is 0 Å². The lowest BCUT2D eigenvalue weighted by atomic mass is 10.3. The van der Waals surface area contributed by atoms with E-state index in [-0.39, 0.29) is 10.8 Å². The zero-order valence-electron chi connectivity index (χ0n) is 8.47. The fourth-order valence-corrected chi connectivity index (χ4v) is 2.70. The predicted molar refractivity (Wildman–Crippen MR) is 75.1 cm³/mol. The third-order valence-electron chi connectivity index (χ3n) is 1.88. The molecule has 0 spiro atoms. The van der Waals surface area contributed by atoms with Gasteiger partial charge in [0.05, 0.1) is 12.8 Å². The maximum atomic E-state index is 11.2. The van der Waals surface area contributed by atoms with Crippen molar-refractivity contribution in [2.45, 2.75) is 4.83 Å². The molecule has 1 rings (SSSR count). The molecule has 16 heavy (non-hydrogen) atoms. The maximum absolute atomic E-state index is 11.2. The van der Waals surface area contributed by atoms with E-state index in [0.29, 0.717) is 6.54 Å². The van der Waals surface area contributed by atoms with Crippen LogP contribution in [-0.2, 0) is 9.53 Å². The Morgan fingerprint density at radius 1 is 1.44 bits per heavy atom. The van der Waals surface area contributed by atoms with Crippen LogP contribution >= 0.6 is 47.8 Å². The van der Waals surface area contributed by atoms with E-state index in [0.717, 1.165) is 14.6 Å². The molecule has 0 fully saturated rings. The molecule has 0 aliphatic rings. The fourth-order valence-electron chi connectivity index (χ4n) is 1.07. The first kappa shape index (κ1) is 14.0. The molecule has 0 saturated heterocycles. The molecule has 6 heteroatoms. The molecule has 0 heterocycles. The monoisotopic (exact) mass is 413 g/mol. The van der Waals surface area contributed by atoms with Gasteiger partial charge in [-0.25, -0.2) is 0 Å². The Morgan fingerprint density at radius 2 is 2.00 bits per heavy atom. The van der Waals surface area contributed by atoms with E-state index < -0.39 is 0 Å². The molecule has 0 amide bonds. The molecule has 0 bridgehead atoms. The minimum Gasteiger partial charge on any atom is -0.468 e. The molecule has 1 unspecified atom stereocenters. The third-order valence-corrected chi connectivity index (χ3v) is 3.90. The number of rotatable bonds is 4. The van der Waals surface area contributed by atoms with Gasteiger partial charge in [0.15, 0.2) is 0 Å². The van der Waals surface area contributed by atoms with Crippen LogP contribution in [0.15, 0.2) is 27.1 Å². The second kappa shape index (κ2) is 6.61. The zero-order chi connectivity index (χ0) is 12.1. The van der Waals surface area contributed by atoms with Crippen molar-refractivity contribution in [1.82, 2.24) is 0 Å². The first-order valence-corrected chi connectivity index (χ1v) is 6.96. The number of carbonyl (C=O) groups is 1. The average molecular weight is 416 g/mol. The molecule has 1 aromatic carbocycles. The molecule has 3 nitrogen and oxygen atoms in total. The lowest BCUT2D eigenvalue weighted by Crippen LogP contribution is -2.24. The molecule has 0 aliphatic carbocycles. The molecule has 1 N–H and O–H groups in total. The van der Waals surface area contributed by atoms with Gasteiger partial charge in [0.25, 0.3) is 0 Å². The first-order chi connectivity index (χ1) is 7.56. The summed E-state index contributed by atoms with van der Waals surface area (Å²) in [5.74, 6) is -0.296. The number of nitrogens with one attached hydrogen (secondary N) is 1. The van der Waals surface area contributed by atoms with Crippen LogP contribution in [0.4, 0.5) is 5.69 Å². The molecule has 0 aliphatic heterocycles. The second-order valence-corrected chi connectivity index (χ2v) is 5.78. The maximum Gasteiger partial charge on any atom is 0.321 e. The van der Waals surface area contributed by atoms with E-state index in [2.05, 4.69) is 57.8 Å². The lowest BCUT2D eigenvalue weighted by molar-refractivity contribution is -0.139. The summed E-state index contributed by atoms with van der Waals surface area (Å²) in [6, 6.07) is 5.77. The van der Waals surface area contributed by atoms with Crippen molar-refractivity contribution >= 4 is 59.4 Å². The Kier molecular flexibility index (Phi) is 5.78. The summed E-state index contributed by atoms with van der Waals surface area (Å²) >= 11 is 10.1. The van der Waals surface area contributed by atoms with Crippen LogP contribution in [0.25, 0.3) is 0 Å². The largest absolute Gasteiger partial charge is 0.468 e. The number of carbonyl (C=O) groups excluding carboxylic acids is 1. The van der Waals surface area contributed by atoms with Crippen LogP contribution in [-0.4, -0.2) is 24.5 Å².